The van der Waals surface area contributed by atoms with E-state index in [2.05, 4.69) is 47.1 Å². The number of benzene rings is 2. The first-order valence-corrected chi connectivity index (χ1v) is 9.39. The Bertz CT molecular complexity index is 1060. The number of carbonyl (C=O) groups is 1. The number of hydrogen-bond acceptors (Lipinski definition) is 3. The third-order valence-electron chi connectivity index (χ3n) is 4.40. The molecule has 0 saturated heterocycles. The third-order valence-corrected chi connectivity index (χ3v) is 5.57. The van der Waals surface area contributed by atoms with E-state index in [9.17, 15) is 14.7 Å². The molecule has 1 heterocycles. The average molecular weight is 462 g/mol. The molecule has 0 aliphatic rings. The Morgan fingerprint density at radius 1 is 1.27 bits per heavy atom. The first-order valence-electron chi connectivity index (χ1n) is 8.31. The molecule has 6 heteroatoms. The maximum Gasteiger partial charge on any atom is 0.341 e. The molecule has 2 aromatic carbocycles. The summed E-state index contributed by atoms with van der Waals surface area (Å²) in [4.78, 5) is 24.1. The van der Waals surface area contributed by atoms with Crippen LogP contribution in [0.1, 0.15) is 34.0 Å². The van der Waals surface area contributed by atoms with Gasteiger partial charge in [-0.2, -0.15) is 0 Å². The van der Waals surface area contributed by atoms with Crippen molar-refractivity contribution >= 4 is 39.5 Å². The van der Waals surface area contributed by atoms with Crippen LogP contribution >= 0.6 is 22.6 Å². The van der Waals surface area contributed by atoms with E-state index in [4.69, 9.17) is 0 Å². The van der Waals surface area contributed by atoms with E-state index < -0.39 is 11.4 Å². The van der Waals surface area contributed by atoms with Crippen molar-refractivity contribution < 1.29 is 9.90 Å². The first-order chi connectivity index (χ1) is 12.4. The monoisotopic (exact) mass is 462 g/mol. The number of nitrogens with one attached hydrogen (secondary N) is 1. The normalized spacial score (nSPS) is 10.9. The van der Waals surface area contributed by atoms with E-state index in [1.165, 1.54) is 20.9 Å². The summed E-state index contributed by atoms with van der Waals surface area (Å²) in [6.07, 6.45) is 2.04. The van der Waals surface area contributed by atoms with E-state index in [0.717, 1.165) is 5.56 Å². The van der Waals surface area contributed by atoms with Crippen LogP contribution < -0.4 is 10.9 Å². The molecule has 0 aliphatic heterocycles. The summed E-state index contributed by atoms with van der Waals surface area (Å²) in [5.41, 5.74) is 6.44. The number of pyridine rings is 1. The largest absolute Gasteiger partial charge is 0.477 e. The van der Waals surface area contributed by atoms with Gasteiger partial charge in [0.2, 0.25) is 5.43 Å². The van der Waals surface area contributed by atoms with Crippen molar-refractivity contribution in [1.82, 2.24) is 4.68 Å². The molecule has 0 unspecified atom stereocenters. The average Bonchev–Trinajstić information content (AvgIpc) is 2.61. The van der Waals surface area contributed by atoms with E-state index >= 15 is 0 Å². The highest BCUT2D eigenvalue weighted by Gasteiger charge is 2.15. The van der Waals surface area contributed by atoms with Gasteiger partial charge in [-0.25, -0.2) is 4.79 Å². The maximum absolute atomic E-state index is 12.6. The van der Waals surface area contributed by atoms with E-state index in [1.54, 1.807) is 10.7 Å². The van der Waals surface area contributed by atoms with Crippen molar-refractivity contribution in [2.45, 2.75) is 20.3 Å². The Morgan fingerprint density at radius 2 is 2.04 bits per heavy atom. The zero-order valence-electron chi connectivity index (χ0n) is 14.5. The summed E-state index contributed by atoms with van der Waals surface area (Å²) >= 11 is 2.31. The van der Waals surface area contributed by atoms with Gasteiger partial charge < -0.3 is 10.5 Å². The van der Waals surface area contributed by atoms with Crippen molar-refractivity contribution in [2.24, 2.45) is 0 Å². The van der Waals surface area contributed by atoms with Crippen LogP contribution in [0.25, 0.3) is 10.9 Å². The van der Waals surface area contributed by atoms with Gasteiger partial charge in [-0.1, -0.05) is 18.2 Å². The number of nitrogens with zero attached hydrogens (tertiary/aromatic N) is 1. The highest BCUT2D eigenvalue weighted by Crippen LogP contribution is 2.21. The smallest absolute Gasteiger partial charge is 0.341 e. The summed E-state index contributed by atoms with van der Waals surface area (Å²) in [7, 11) is 0. The topological polar surface area (TPSA) is 71.3 Å². The Hall–Kier alpha value is -2.35. The van der Waals surface area contributed by atoms with Gasteiger partial charge in [-0.3, -0.25) is 9.47 Å². The summed E-state index contributed by atoms with van der Waals surface area (Å²) < 4.78 is 2.81. The van der Waals surface area contributed by atoms with E-state index in [-0.39, 0.29) is 5.56 Å². The molecule has 0 aliphatic carbocycles. The van der Waals surface area contributed by atoms with Crippen LogP contribution in [0.5, 0.6) is 0 Å². The molecule has 0 atom stereocenters. The first kappa shape index (κ1) is 18.4. The Labute approximate surface area is 164 Å². The molecule has 26 heavy (non-hydrogen) atoms. The van der Waals surface area contributed by atoms with Gasteiger partial charge in [0.15, 0.2) is 0 Å². The lowest BCUT2D eigenvalue weighted by Gasteiger charge is -2.14. The van der Waals surface area contributed by atoms with Gasteiger partial charge in [0.1, 0.15) is 5.56 Å². The second-order valence-electron chi connectivity index (χ2n) is 6.11. The van der Waals surface area contributed by atoms with Gasteiger partial charge in [0.05, 0.1) is 5.52 Å². The number of hydrogen-bond donors (Lipinski definition) is 2. The Balaban J connectivity index is 2.15. The van der Waals surface area contributed by atoms with Gasteiger partial charge in [-0.05, 0) is 77.7 Å². The quantitative estimate of drug-likeness (QED) is 0.567. The minimum Gasteiger partial charge on any atom is -0.477 e. The van der Waals surface area contributed by atoms with Gasteiger partial charge in [0, 0.05) is 21.7 Å². The van der Waals surface area contributed by atoms with E-state index in [0.29, 0.717) is 23.9 Å². The maximum atomic E-state index is 12.6. The number of carboxylic acids is 1. The second kappa shape index (κ2) is 7.49. The molecule has 5 nitrogen and oxygen atoms in total. The Kier molecular flexibility index (Phi) is 5.31. The minimum absolute atomic E-state index is 0.235. The SMILES string of the molecule is CCNn1cc(C(=O)O)c(=O)c2cc(Cc3cccc(I)c3C)ccc21. The van der Waals surface area contributed by atoms with E-state index in [1.807, 2.05) is 25.1 Å². The number of aromatic nitrogens is 1. The van der Waals surface area contributed by atoms with Crippen LogP contribution in [0.4, 0.5) is 0 Å². The molecule has 3 aromatic rings. The molecule has 0 spiro atoms. The minimum atomic E-state index is -1.22. The highest BCUT2D eigenvalue weighted by molar-refractivity contribution is 14.1. The van der Waals surface area contributed by atoms with Crippen LogP contribution in [-0.4, -0.2) is 22.3 Å². The summed E-state index contributed by atoms with van der Waals surface area (Å²) in [6, 6.07) is 11.8. The molecule has 3 rings (SSSR count). The summed E-state index contributed by atoms with van der Waals surface area (Å²) in [5.74, 6) is -1.22. The molecule has 0 radical (unpaired) electrons. The predicted octanol–water partition coefficient (Wildman–Crippen LogP) is 3.77. The van der Waals surface area contributed by atoms with Crippen LogP contribution in [0, 0.1) is 10.5 Å². The molecule has 0 amide bonds. The fourth-order valence-electron chi connectivity index (χ4n) is 3.00. The molecule has 2 N–H and O–H groups in total. The number of aromatic carboxylic acids is 1. The standard InChI is InChI=1S/C20H19IN2O3/c1-3-22-23-11-16(20(25)26)19(24)15-10-13(7-8-18(15)23)9-14-5-4-6-17(21)12(14)2/h4-8,10-11,22H,3,9H2,1-2H3,(H,25,26). The molecule has 0 bridgehead atoms. The number of rotatable bonds is 5. The second-order valence-corrected chi connectivity index (χ2v) is 7.27. The molecular formula is C20H19IN2O3. The fraction of sp³-hybridized carbons (Fsp3) is 0.200. The zero-order valence-corrected chi connectivity index (χ0v) is 16.7. The highest BCUT2D eigenvalue weighted by atomic mass is 127. The van der Waals surface area contributed by atoms with Gasteiger partial charge >= 0.3 is 5.97 Å². The third kappa shape index (κ3) is 3.46. The number of halogens is 1. The van der Waals surface area contributed by atoms with Crippen molar-refractivity contribution in [3.8, 4) is 0 Å². The van der Waals surface area contributed by atoms with Crippen molar-refractivity contribution in [1.29, 1.82) is 0 Å². The molecule has 0 saturated carbocycles. The van der Waals surface area contributed by atoms with Crippen LogP contribution in [0.3, 0.4) is 0 Å². The molecule has 0 fully saturated rings. The molecule has 1 aromatic heterocycles. The van der Waals surface area contributed by atoms with Gasteiger partial charge in [0.25, 0.3) is 0 Å². The van der Waals surface area contributed by atoms with Crippen LogP contribution in [0.15, 0.2) is 47.4 Å². The lowest BCUT2D eigenvalue weighted by atomic mass is 9.99. The fourth-order valence-corrected chi connectivity index (χ4v) is 3.56. The van der Waals surface area contributed by atoms with Crippen LogP contribution in [-0.2, 0) is 6.42 Å². The molecule has 134 valence electrons. The number of carboxylic acid groups (broad SMARTS) is 1. The van der Waals surface area contributed by atoms with Crippen molar-refractivity contribution in [2.75, 3.05) is 12.0 Å². The summed E-state index contributed by atoms with van der Waals surface area (Å²) in [6.45, 7) is 4.61. The van der Waals surface area contributed by atoms with Crippen molar-refractivity contribution in [3.05, 3.63) is 78.6 Å². The van der Waals surface area contributed by atoms with Crippen LogP contribution in [0.2, 0.25) is 0 Å². The summed E-state index contributed by atoms with van der Waals surface area (Å²) in [5, 5.41) is 9.76. The van der Waals surface area contributed by atoms with Gasteiger partial charge in [-0.15, -0.1) is 0 Å². The zero-order chi connectivity index (χ0) is 18.8. The van der Waals surface area contributed by atoms with Crippen molar-refractivity contribution in [3.63, 3.8) is 0 Å². The predicted molar refractivity (Wildman–Crippen MR) is 112 cm³/mol. The lowest BCUT2D eigenvalue weighted by molar-refractivity contribution is 0.0695. The lowest BCUT2D eigenvalue weighted by Crippen LogP contribution is -2.23. The Morgan fingerprint density at radius 3 is 2.73 bits per heavy atom. The number of fused-ring (bicyclic) bond motifs is 1. The molecular weight excluding hydrogens is 443 g/mol.